The van der Waals surface area contributed by atoms with Gasteiger partial charge in [-0.3, -0.25) is 0 Å². The number of aryl methyl sites for hydroxylation is 1. The average molecular weight is 232 g/mol. The number of aromatic amines is 1. The Labute approximate surface area is 102 Å². The molecule has 0 amide bonds. The van der Waals surface area contributed by atoms with Crippen LogP contribution in [0.5, 0.6) is 5.75 Å². The number of ether oxygens (including phenoxy) is 1. The maximum Gasteiger partial charge on any atom is 0.120 e. The third-order valence-corrected chi connectivity index (χ3v) is 3.13. The molecule has 0 saturated carbocycles. The van der Waals surface area contributed by atoms with Crippen LogP contribution in [0.4, 0.5) is 0 Å². The standard InChI is InChI=1S/C14H20N2O/c1-4-15-8-7-12-10(2)16-14-9-11(17-3)5-6-13(12)14/h5-6,9,15-16H,4,7-8H2,1-3H3. The van der Waals surface area contributed by atoms with E-state index >= 15 is 0 Å². The zero-order valence-corrected chi connectivity index (χ0v) is 10.8. The highest BCUT2D eigenvalue weighted by Crippen LogP contribution is 2.26. The number of H-pyrrole nitrogens is 1. The number of rotatable bonds is 5. The molecule has 0 aliphatic carbocycles. The molecule has 2 rings (SSSR count). The molecule has 3 nitrogen and oxygen atoms in total. The number of hydrogen-bond acceptors (Lipinski definition) is 2. The summed E-state index contributed by atoms with van der Waals surface area (Å²) < 4.78 is 5.24. The fraction of sp³-hybridized carbons (Fsp3) is 0.429. The van der Waals surface area contributed by atoms with E-state index in [2.05, 4.69) is 36.3 Å². The van der Waals surface area contributed by atoms with Crippen LogP contribution in [-0.4, -0.2) is 25.2 Å². The Bertz CT molecular complexity index is 502. The average Bonchev–Trinajstić information content (AvgIpc) is 2.65. The van der Waals surface area contributed by atoms with Gasteiger partial charge >= 0.3 is 0 Å². The van der Waals surface area contributed by atoms with E-state index in [-0.39, 0.29) is 0 Å². The third-order valence-electron chi connectivity index (χ3n) is 3.13. The molecule has 2 N–H and O–H groups in total. The van der Waals surface area contributed by atoms with Crippen molar-refractivity contribution < 1.29 is 4.74 Å². The lowest BCUT2D eigenvalue weighted by Gasteiger charge is -2.03. The van der Waals surface area contributed by atoms with Gasteiger partial charge in [-0.25, -0.2) is 0 Å². The first-order chi connectivity index (χ1) is 8.26. The molecule has 0 radical (unpaired) electrons. The van der Waals surface area contributed by atoms with Crippen molar-refractivity contribution in [3.05, 3.63) is 29.5 Å². The maximum absolute atomic E-state index is 5.24. The van der Waals surface area contributed by atoms with E-state index in [0.29, 0.717) is 0 Å². The maximum atomic E-state index is 5.24. The molecule has 0 atom stereocenters. The van der Waals surface area contributed by atoms with Gasteiger partial charge in [0.1, 0.15) is 5.75 Å². The molecular formula is C14H20N2O. The number of hydrogen-bond donors (Lipinski definition) is 2. The summed E-state index contributed by atoms with van der Waals surface area (Å²) in [5.74, 6) is 0.900. The SMILES string of the molecule is CCNCCc1c(C)[nH]c2cc(OC)ccc12. The number of aromatic nitrogens is 1. The number of likely N-dealkylation sites (N-methyl/N-ethyl adjacent to an activating group) is 1. The highest BCUT2D eigenvalue weighted by Gasteiger charge is 2.08. The summed E-state index contributed by atoms with van der Waals surface area (Å²) in [6, 6.07) is 6.21. The zero-order valence-electron chi connectivity index (χ0n) is 10.8. The van der Waals surface area contributed by atoms with E-state index in [0.717, 1.165) is 30.8 Å². The molecule has 1 heterocycles. The molecule has 1 aromatic carbocycles. The normalized spacial score (nSPS) is 11.0. The minimum absolute atomic E-state index is 0.900. The topological polar surface area (TPSA) is 37.0 Å². The van der Waals surface area contributed by atoms with Gasteiger partial charge in [-0.2, -0.15) is 0 Å². The predicted octanol–water partition coefficient (Wildman–Crippen LogP) is 2.64. The van der Waals surface area contributed by atoms with Gasteiger partial charge in [0.15, 0.2) is 0 Å². The van der Waals surface area contributed by atoms with Crippen LogP contribution in [0, 0.1) is 6.92 Å². The molecule has 3 heteroatoms. The Morgan fingerprint density at radius 3 is 2.88 bits per heavy atom. The highest BCUT2D eigenvalue weighted by molar-refractivity contribution is 5.85. The molecule has 0 aliphatic heterocycles. The Balaban J connectivity index is 2.31. The molecule has 0 fully saturated rings. The molecule has 0 spiro atoms. The fourth-order valence-electron chi connectivity index (χ4n) is 2.21. The Hall–Kier alpha value is -1.48. The summed E-state index contributed by atoms with van der Waals surface area (Å²) in [5.41, 5.74) is 3.82. The van der Waals surface area contributed by atoms with Gasteiger partial charge in [-0.15, -0.1) is 0 Å². The lowest BCUT2D eigenvalue weighted by Crippen LogP contribution is -2.16. The Morgan fingerprint density at radius 1 is 1.35 bits per heavy atom. The number of fused-ring (bicyclic) bond motifs is 1. The van der Waals surface area contributed by atoms with Gasteiger partial charge in [-0.1, -0.05) is 6.92 Å². The van der Waals surface area contributed by atoms with Crippen LogP contribution in [0.1, 0.15) is 18.2 Å². The van der Waals surface area contributed by atoms with Crippen molar-refractivity contribution in [2.45, 2.75) is 20.3 Å². The second-order valence-corrected chi connectivity index (χ2v) is 4.24. The van der Waals surface area contributed by atoms with E-state index in [1.807, 2.05) is 6.07 Å². The van der Waals surface area contributed by atoms with E-state index in [1.165, 1.54) is 16.6 Å². The number of nitrogens with one attached hydrogen (secondary N) is 2. The molecule has 17 heavy (non-hydrogen) atoms. The molecule has 2 aromatic rings. The highest BCUT2D eigenvalue weighted by atomic mass is 16.5. The second-order valence-electron chi connectivity index (χ2n) is 4.24. The van der Waals surface area contributed by atoms with Gasteiger partial charge in [0, 0.05) is 22.7 Å². The summed E-state index contributed by atoms with van der Waals surface area (Å²) in [6.07, 6.45) is 1.06. The van der Waals surface area contributed by atoms with Crippen molar-refractivity contribution in [2.24, 2.45) is 0 Å². The number of benzene rings is 1. The lowest BCUT2D eigenvalue weighted by atomic mass is 10.1. The first-order valence-electron chi connectivity index (χ1n) is 6.12. The van der Waals surface area contributed by atoms with Gasteiger partial charge in [0.05, 0.1) is 7.11 Å². The van der Waals surface area contributed by atoms with Gasteiger partial charge in [-0.05, 0) is 44.1 Å². The molecule has 0 saturated heterocycles. The molecule has 92 valence electrons. The summed E-state index contributed by atoms with van der Waals surface area (Å²) in [4.78, 5) is 3.42. The summed E-state index contributed by atoms with van der Waals surface area (Å²) in [7, 11) is 1.70. The molecule has 0 aliphatic rings. The third kappa shape index (κ3) is 2.44. The minimum Gasteiger partial charge on any atom is -0.497 e. The fourth-order valence-corrected chi connectivity index (χ4v) is 2.21. The van der Waals surface area contributed by atoms with E-state index < -0.39 is 0 Å². The van der Waals surface area contributed by atoms with Crippen molar-refractivity contribution >= 4 is 10.9 Å². The van der Waals surface area contributed by atoms with Crippen LogP contribution in [0.15, 0.2) is 18.2 Å². The zero-order chi connectivity index (χ0) is 12.3. The monoisotopic (exact) mass is 232 g/mol. The molecule has 1 aromatic heterocycles. The lowest BCUT2D eigenvalue weighted by molar-refractivity contribution is 0.415. The van der Waals surface area contributed by atoms with Crippen molar-refractivity contribution in [3.63, 3.8) is 0 Å². The molecule has 0 unspecified atom stereocenters. The van der Waals surface area contributed by atoms with Crippen LogP contribution in [0.25, 0.3) is 10.9 Å². The van der Waals surface area contributed by atoms with Gasteiger partial charge < -0.3 is 15.0 Å². The van der Waals surface area contributed by atoms with Gasteiger partial charge in [0.25, 0.3) is 0 Å². The predicted molar refractivity (Wildman–Crippen MR) is 71.8 cm³/mol. The van der Waals surface area contributed by atoms with E-state index in [4.69, 9.17) is 4.74 Å². The Kier molecular flexibility index (Phi) is 3.69. The van der Waals surface area contributed by atoms with Crippen molar-refractivity contribution in [2.75, 3.05) is 20.2 Å². The van der Waals surface area contributed by atoms with Crippen LogP contribution in [0.2, 0.25) is 0 Å². The smallest absolute Gasteiger partial charge is 0.120 e. The van der Waals surface area contributed by atoms with E-state index in [9.17, 15) is 0 Å². The van der Waals surface area contributed by atoms with Crippen LogP contribution in [-0.2, 0) is 6.42 Å². The van der Waals surface area contributed by atoms with Crippen molar-refractivity contribution in [1.82, 2.24) is 10.3 Å². The first kappa shape index (κ1) is 12.0. The largest absolute Gasteiger partial charge is 0.497 e. The molecule has 0 bridgehead atoms. The summed E-state index contributed by atoms with van der Waals surface area (Å²) in [6.45, 7) is 6.31. The second kappa shape index (κ2) is 5.23. The molecular weight excluding hydrogens is 212 g/mol. The van der Waals surface area contributed by atoms with Crippen LogP contribution in [0.3, 0.4) is 0 Å². The van der Waals surface area contributed by atoms with Crippen molar-refractivity contribution in [1.29, 1.82) is 0 Å². The van der Waals surface area contributed by atoms with Crippen LogP contribution >= 0.6 is 0 Å². The number of methoxy groups -OCH3 is 1. The first-order valence-corrected chi connectivity index (χ1v) is 6.12. The van der Waals surface area contributed by atoms with Gasteiger partial charge in [0.2, 0.25) is 0 Å². The summed E-state index contributed by atoms with van der Waals surface area (Å²) >= 11 is 0. The quantitative estimate of drug-likeness (QED) is 0.778. The van der Waals surface area contributed by atoms with E-state index in [1.54, 1.807) is 7.11 Å². The van der Waals surface area contributed by atoms with Crippen LogP contribution < -0.4 is 10.1 Å². The summed E-state index contributed by atoms with van der Waals surface area (Å²) in [5, 5.41) is 4.67. The Morgan fingerprint density at radius 2 is 2.18 bits per heavy atom. The van der Waals surface area contributed by atoms with Crippen molar-refractivity contribution in [3.8, 4) is 5.75 Å². The minimum atomic E-state index is 0.900.